The number of carbonyl (C=O) groups excluding carboxylic acids is 1. The van der Waals surface area contributed by atoms with Crippen LogP contribution in [0.3, 0.4) is 0 Å². The van der Waals surface area contributed by atoms with E-state index in [4.69, 9.17) is 23.4 Å². The van der Waals surface area contributed by atoms with Crippen LogP contribution in [0.4, 0.5) is 0 Å². The van der Waals surface area contributed by atoms with Gasteiger partial charge in [0.25, 0.3) is 5.91 Å². The van der Waals surface area contributed by atoms with E-state index in [9.17, 15) is 9.59 Å². The van der Waals surface area contributed by atoms with Gasteiger partial charge in [0.1, 0.15) is 12.2 Å². The molecule has 0 N–H and O–H groups in total. The Hall–Kier alpha value is -4.72. The van der Waals surface area contributed by atoms with Crippen molar-refractivity contribution in [3.8, 4) is 23.0 Å². The fraction of sp³-hybridized carbons (Fsp3) is 0.226. The highest BCUT2D eigenvalue weighted by atomic mass is 16.7. The Bertz CT molecular complexity index is 1670. The highest BCUT2D eigenvalue weighted by Gasteiger charge is 2.43. The van der Waals surface area contributed by atoms with Gasteiger partial charge in [-0.05, 0) is 61.4 Å². The standard InChI is InChI=1S/C31H27NO7/c1-4-12-36-23-11-8-20(15-26(23)35-5-2)28-27-29(33)21-13-18(3)6-9-22(21)39-30(27)31(34)32(28)16-19-7-10-24-25(14-19)38-17-37-24/h4,6-11,13-15,28H,1,5,12,16-17H2,2-3H3. The molecule has 1 amide bonds. The van der Waals surface area contributed by atoms with Crippen molar-refractivity contribution in [1.29, 1.82) is 0 Å². The summed E-state index contributed by atoms with van der Waals surface area (Å²) in [6.07, 6.45) is 1.65. The number of rotatable bonds is 8. The summed E-state index contributed by atoms with van der Waals surface area (Å²) in [6, 6.07) is 15.7. The highest BCUT2D eigenvalue weighted by molar-refractivity contribution is 5.99. The Kier molecular flexibility index (Phi) is 6.23. The molecule has 0 radical (unpaired) electrons. The second-order valence-corrected chi connectivity index (χ2v) is 9.44. The van der Waals surface area contributed by atoms with Crippen LogP contribution in [0.2, 0.25) is 0 Å². The summed E-state index contributed by atoms with van der Waals surface area (Å²) in [5.41, 5.74) is 2.91. The first kappa shape index (κ1) is 24.6. The summed E-state index contributed by atoms with van der Waals surface area (Å²) in [6.45, 7) is 8.61. The minimum atomic E-state index is -0.702. The molecule has 4 aromatic rings. The maximum atomic E-state index is 13.9. The van der Waals surface area contributed by atoms with Crippen LogP contribution in [0.15, 0.2) is 76.5 Å². The van der Waals surface area contributed by atoms with Crippen LogP contribution in [0, 0.1) is 6.92 Å². The molecule has 3 heterocycles. The van der Waals surface area contributed by atoms with Gasteiger partial charge in [-0.2, -0.15) is 0 Å². The summed E-state index contributed by atoms with van der Waals surface area (Å²) < 4.78 is 28.7. The molecule has 0 spiro atoms. The summed E-state index contributed by atoms with van der Waals surface area (Å²) in [5.74, 6) is 2.02. The van der Waals surface area contributed by atoms with Crippen molar-refractivity contribution in [2.45, 2.75) is 26.4 Å². The molecule has 8 nitrogen and oxygen atoms in total. The molecule has 1 unspecified atom stereocenters. The summed E-state index contributed by atoms with van der Waals surface area (Å²) in [5, 5.41) is 0.437. The SMILES string of the molecule is C=CCOc1ccc(C2c3c(oc4ccc(C)cc4c3=O)C(=O)N2Cc2ccc3c(c2)OCO3)cc1OCC. The first-order chi connectivity index (χ1) is 19.0. The minimum Gasteiger partial charge on any atom is -0.490 e. The van der Waals surface area contributed by atoms with Gasteiger partial charge in [0.05, 0.1) is 23.6 Å². The smallest absolute Gasteiger partial charge is 0.291 e. The maximum absolute atomic E-state index is 13.9. The minimum absolute atomic E-state index is 0.0482. The van der Waals surface area contributed by atoms with Crippen molar-refractivity contribution in [3.05, 3.63) is 105 Å². The lowest BCUT2D eigenvalue weighted by molar-refractivity contribution is 0.0714. The zero-order valence-electron chi connectivity index (χ0n) is 21.7. The quantitative estimate of drug-likeness (QED) is 0.279. The van der Waals surface area contributed by atoms with Gasteiger partial charge in [-0.1, -0.05) is 36.4 Å². The third kappa shape index (κ3) is 4.27. The molecule has 2 aliphatic rings. The van der Waals surface area contributed by atoms with Crippen molar-refractivity contribution in [3.63, 3.8) is 0 Å². The number of hydrogen-bond donors (Lipinski definition) is 0. The summed E-state index contributed by atoms with van der Waals surface area (Å²) in [7, 11) is 0. The van der Waals surface area contributed by atoms with E-state index in [1.165, 1.54) is 0 Å². The fourth-order valence-corrected chi connectivity index (χ4v) is 5.11. The van der Waals surface area contributed by atoms with Gasteiger partial charge in [0, 0.05) is 6.54 Å². The number of amides is 1. The summed E-state index contributed by atoms with van der Waals surface area (Å²) in [4.78, 5) is 29.4. The van der Waals surface area contributed by atoms with E-state index in [1.807, 2.05) is 50.2 Å². The Labute approximate surface area is 225 Å². The highest BCUT2D eigenvalue weighted by Crippen LogP contribution is 2.42. The molecule has 1 aromatic heterocycles. The van der Waals surface area contributed by atoms with Gasteiger partial charge in [-0.3, -0.25) is 9.59 Å². The largest absolute Gasteiger partial charge is 0.490 e. The molecule has 6 rings (SSSR count). The molecule has 39 heavy (non-hydrogen) atoms. The van der Waals surface area contributed by atoms with Crippen molar-refractivity contribution >= 4 is 16.9 Å². The van der Waals surface area contributed by atoms with E-state index in [0.717, 1.165) is 11.1 Å². The third-order valence-corrected chi connectivity index (χ3v) is 6.85. The lowest BCUT2D eigenvalue weighted by Crippen LogP contribution is -2.29. The number of benzene rings is 3. The molecule has 0 saturated heterocycles. The van der Waals surface area contributed by atoms with Gasteiger partial charge in [-0.25, -0.2) is 0 Å². The molecule has 1 atom stereocenters. The predicted molar refractivity (Wildman–Crippen MR) is 145 cm³/mol. The lowest BCUT2D eigenvalue weighted by Gasteiger charge is -2.26. The Morgan fingerprint density at radius 2 is 1.85 bits per heavy atom. The molecule has 3 aromatic carbocycles. The zero-order valence-corrected chi connectivity index (χ0v) is 21.7. The van der Waals surface area contributed by atoms with Gasteiger partial charge in [0.2, 0.25) is 12.6 Å². The van der Waals surface area contributed by atoms with Crippen molar-refractivity contribution in [1.82, 2.24) is 4.90 Å². The molecule has 0 bridgehead atoms. The predicted octanol–water partition coefficient (Wildman–Crippen LogP) is 5.54. The number of ether oxygens (including phenoxy) is 4. The number of nitrogens with zero attached hydrogens (tertiary/aromatic N) is 1. The first-order valence-corrected chi connectivity index (χ1v) is 12.8. The molecule has 8 heteroatoms. The Morgan fingerprint density at radius 1 is 1.00 bits per heavy atom. The van der Waals surface area contributed by atoms with Crippen molar-refractivity contribution in [2.75, 3.05) is 20.0 Å². The van der Waals surface area contributed by atoms with Crippen LogP contribution < -0.4 is 24.4 Å². The number of aryl methyl sites for hydroxylation is 1. The van der Waals surface area contributed by atoms with Crippen LogP contribution in [0.5, 0.6) is 23.0 Å². The van der Waals surface area contributed by atoms with E-state index in [0.29, 0.717) is 58.3 Å². The van der Waals surface area contributed by atoms with Crippen LogP contribution in [-0.2, 0) is 6.54 Å². The topological polar surface area (TPSA) is 87.4 Å². The Balaban J connectivity index is 1.51. The third-order valence-electron chi connectivity index (χ3n) is 6.85. The normalized spacial score (nSPS) is 15.5. The zero-order chi connectivity index (χ0) is 27.1. The van der Waals surface area contributed by atoms with E-state index in [2.05, 4.69) is 6.58 Å². The monoisotopic (exact) mass is 525 g/mol. The molecule has 198 valence electrons. The van der Waals surface area contributed by atoms with Crippen LogP contribution in [-0.4, -0.2) is 30.8 Å². The van der Waals surface area contributed by atoms with E-state index >= 15 is 0 Å². The van der Waals surface area contributed by atoms with E-state index in [1.54, 1.807) is 29.2 Å². The van der Waals surface area contributed by atoms with E-state index in [-0.39, 0.29) is 30.4 Å². The average molecular weight is 526 g/mol. The van der Waals surface area contributed by atoms with Gasteiger partial charge in [-0.15, -0.1) is 0 Å². The molecular formula is C31H27NO7. The van der Waals surface area contributed by atoms with Gasteiger partial charge >= 0.3 is 0 Å². The molecule has 0 fully saturated rings. The van der Waals surface area contributed by atoms with Crippen LogP contribution in [0.25, 0.3) is 11.0 Å². The van der Waals surface area contributed by atoms with Gasteiger partial charge in [0.15, 0.2) is 28.4 Å². The second-order valence-electron chi connectivity index (χ2n) is 9.44. The number of fused-ring (bicyclic) bond motifs is 3. The average Bonchev–Trinajstić information content (AvgIpc) is 3.51. The van der Waals surface area contributed by atoms with Crippen LogP contribution in [0.1, 0.15) is 45.8 Å². The Morgan fingerprint density at radius 3 is 2.67 bits per heavy atom. The number of carbonyl (C=O) groups is 1. The van der Waals surface area contributed by atoms with Crippen molar-refractivity contribution in [2.24, 2.45) is 0 Å². The first-order valence-electron chi connectivity index (χ1n) is 12.8. The number of hydrogen-bond acceptors (Lipinski definition) is 7. The van der Waals surface area contributed by atoms with Gasteiger partial charge < -0.3 is 28.3 Å². The maximum Gasteiger partial charge on any atom is 0.291 e. The molecule has 0 aliphatic carbocycles. The van der Waals surface area contributed by atoms with Crippen molar-refractivity contribution < 1.29 is 28.2 Å². The fourth-order valence-electron chi connectivity index (χ4n) is 5.11. The van der Waals surface area contributed by atoms with Crippen LogP contribution >= 0.6 is 0 Å². The summed E-state index contributed by atoms with van der Waals surface area (Å²) >= 11 is 0. The lowest BCUT2D eigenvalue weighted by atomic mass is 9.97. The second kappa shape index (κ2) is 9.87. The molecule has 2 aliphatic heterocycles. The molecule has 0 saturated carbocycles. The molecular weight excluding hydrogens is 498 g/mol. The van der Waals surface area contributed by atoms with E-state index < -0.39 is 6.04 Å².